The van der Waals surface area contributed by atoms with Crippen molar-refractivity contribution < 1.29 is 9.32 Å². The Kier molecular flexibility index (Phi) is 4.03. The number of anilines is 1. The number of aromatic nitrogens is 3. The van der Waals surface area contributed by atoms with Crippen molar-refractivity contribution in [1.82, 2.24) is 14.9 Å². The average molecular weight is 346 g/mol. The Bertz CT molecular complexity index is 1130. The zero-order valence-electron chi connectivity index (χ0n) is 13.6. The molecule has 4 aromatic rings. The Balaban J connectivity index is 1.68. The molecule has 26 heavy (non-hydrogen) atoms. The van der Waals surface area contributed by atoms with Crippen LogP contribution in [-0.2, 0) is 11.3 Å². The van der Waals surface area contributed by atoms with Gasteiger partial charge in [0.05, 0.1) is 5.69 Å². The van der Waals surface area contributed by atoms with Gasteiger partial charge in [-0.05, 0) is 16.8 Å². The minimum atomic E-state index is -0.413. The van der Waals surface area contributed by atoms with Crippen LogP contribution in [0.15, 0.2) is 76.2 Å². The first-order valence-corrected chi connectivity index (χ1v) is 7.97. The lowest BCUT2D eigenvalue weighted by molar-refractivity contribution is -0.117. The summed E-state index contributed by atoms with van der Waals surface area (Å²) in [6.45, 7) is -0.218. The molecule has 4 rings (SSSR count). The van der Waals surface area contributed by atoms with Crippen molar-refractivity contribution in [3.05, 3.63) is 77.3 Å². The number of fused-ring (bicyclic) bond motifs is 1. The SMILES string of the molecule is O=C(Cn1nc(-c2cccc3ccccc23)ccc1=O)Nc1ccon1. The molecule has 1 N–H and O–H groups in total. The highest BCUT2D eigenvalue weighted by atomic mass is 16.5. The molecule has 0 aliphatic carbocycles. The largest absolute Gasteiger partial charge is 0.363 e. The smallest absolute Gasteiger partial charge is 0.267 e. The van der Waals surface area contributed by atoms with Crippen LogP contribution in [0.2, 0.25) is 0 Å². The number of benzene rings is 2. The van der Waals surface area contributed by atoms with Crippen molar-refractivity contribution in [2.75, 3.05) is 5.32 Å². The van der Waals surface area contributed by atoms with Crippen molar-refractivity contribution in [3.63, 3.8) is 0 Å². The third kappa shape index (κ3) is 3.10. The third-order valence-electron chi connectivity index (χ3n) is 3.93. The fraction of sp³-hybridized carbons (Fsp3) is 0.0526. The van der Waals surface area contributed by atoms with E-state index in [2.05, 4.69) is 20.1 Å². The summed E-state index contributed by atoms with van der Waals surface area (Å²) < 4.78 is 5.79. The fourth-order valence-electron chi connectivity index (χ4n) is 2.75. The maximum absolute atomic E-state index is 12.1. The van der Waals surface area contributed by atoms with E-state index >= 15 is 0 Å². The first-order chi connectivity index (χ1) is 12.7. The van der Waals surface area contributed by atoms with Crippen LogP contribution in [0.3, 0.4) is 0 Å². The molecule has 7 heteroatoms. The number of nitrogens with one attached hydrogen (secondary N) is 1. The third-order valence-corrected chi connectivity index (χ3v) is 3.93. The van der Waals surface area contributed by atoms with Gasteiger partial charge in [-0.2, -0.15) is 5.10 Å². The molecular formula is C19H14N4O3. The normalized spacial score (nSPS) is 10.8. The van der Waals surface area contributed by atoms with Crippen LogP contribution in [-0.4, -0.2) is 20.8 Å². The Morgan fingerprint density at radius 1 is 1.04 bits per heavy atom. The molecule has 0 saturated carbocycles. The molecule has 0 aliphatic heterocycles. The zero-order valence-corrected chi connectivity index (χ0v) is 13.6. The maximum atomic E-state index is 12.1. The molecule has 0 fully saturated rings. The van der Waals surface area contributed by atoms with Crippen LogP contribution in [0.25, 0.3) is 22.0 Å². The van der Waals surface area contributed by atoms with E-state index in [1.807, 2.05) is 42.5 Å². The van der Waals surface area contributed by atoms with E-state index in [1.54, 1.807) is 6.07 Å². The number of amides is 1. The van der Waals surface area contributed by atoms with Gasteiger partial charge in [-0.1, -0.05) is 47.6 Å². The van der Waals surface area contributed by atoms with E-state index in [9.17, 15) is 9.59 Å². The number of carbonyl (C=O) groups is 1. The van der Waals surface area contributed by atoms with Gasteiger partial charge < -0.3 is 9.84 Å². The molecule has 0 radical (unpaired) electrons. The summed E-state index contributed by atoms with van der Waals surface area (Å²) in [4.78, 5) is 24.2. The van der Waals surface area contributed by atoms with Crippen LogP contribution < -0.4 is 10.9 Å². The molecule has 2 aromatic carbocycles. The molecule has 0 unspecified atom stereocenters. The molecule has 0 atom stereocenters. The second-order valence-electron chi connectivity index (χ2n) is 5.67. The number of hydrogen-bond donors (Lipinski definition) is 1. The Morgan fingerprint density at radius 2 is 1.88 bits per heavy atom. The van der Waals surface area contributed by atoms with Crippen molar-refractivity contribution in [2.45, 2.75) is 6.54 Å². The lowest BCUT2D eigenvalue weighted by Crippen LogP contribution is -2.29. The van der Waals surface area contributed by atoms with Gasteiger partial charge in [-0.3, -0.25) is 9.59 Å². The zero-order chi connectivity index (χ0) is 17.9. The van der Waals surface area contributed by atoms with Crippen LogP contribution >= 0.6 is 0 Å². The van der Waals surface area contributed by atoms with Gasteiger partial charge in [0.1, 0.15) is 12.8 Å². The summed E-state index contributed by atoms with van der Waals surface area (Å²) in [5, 5.41) is 12.6. The highest BCUT2D eigenvalue weighted by Gasteiger charge is 2.11. The average Bonchev–Trinajstić information content (AvgIpc) is 3.16. The highest BCUT2D eigenvalue weighted by molar-refractivity contribution is 5.95. The number of hydrogen-bond acceptors (Lipinski definition) is 5. The fourth-order valence-corrected chi connectivity index (χ4v) is 2.75. The number of rotatable bonds is 4. The predicted molar refractivity (Wildman–Crippen MR) is 96.6 cm³/mol. The minimum absolute atomic E-state index is 0.218. The quantitative estimate of drug-likeness (QED) is 0.613. The summed E-state index contributed by atoms with van der Waals surface area (Å²) in [7, 11) is 0. The Hall–Kier alpha value is -3.74. The van der Waals surface area contributed by atoms with Gasteiger partial charge in [0, 0.05) is 17.7 Å². The lowest BCUT2D eigenvalue weighted by atomic mass is 10.0. The number of carbonyl (C=O) groups excluding carboxylic acids is 1. The second kappa shape index (κ2) is 6.64. The van der Waals surface area contributed by atoms with Gasteiger partial charge in [0.15, 0.2) is 5.82 Å². The van der Waals surface area contributed by atoms with E-state index in [-0.39, 0.29) is 17.9 Å². The summed E-state index contributed by atoms with van der Waals surface area (Å²) in [5.74, 6) is -0.128. The summed E-state index contributed by atoms with van der Waals surface area (Å²) >= 11 is 0. The molecule has 128 valence electrons. The predicted octanol–water partition coefficient (Wildman–Crippen LogP) is 2.69. The molecule has 0 bridgehead atoms. The molecule has 7 nitrogen and oxygen atoms in total. The van der Waals surface area contributed by atoms with Crippen LogP contribution in [0, 0.1) is 0 Å². The first-order valence-electron chi connectivity index (χ1n) is 7.97. The van der Waals surface area contributed by atoms with E-state index in [0.29, 0.717) is 5.69 Å². The molecule has 0 aliphatic rings. The van der Waals surface area contributed by atoms with Crippen molar-refractivity contribution in [1.29, 1.82) is 0 Å². The van der Waals surface area contributed by atoms with Gasteiger partial charge in [-0.25, -0.2) is 4.68 Å². The van der Waals surface area contributed by atoms with E-state index in [4.69, 9.17) is 0 Å². The molecule has 2 heterocycles. The summed E-state index contributed by atoms with van der Waals surface area (Å²) in [5.41, 5.74) is 1.16. The van der Waals surface area contributed by atoms with Gasteiger partial charge in [-0.15, -0.1) is 0 Å². The topological polar surface area (TPSA) is 90.0 Å². The highest BCUT2D eigenvalue weighted by Crippen LogP contribution is 2.26. The summed E-state index contributed by atoms with van der Waals surface area (Å²) in [6, 6.07) is 18.4. The molecular weight excluding hydrogens is 332 g/mol. The minimum Gasteiger partial charge on any atom is -0.363 e. The van der Waals surface area contributed by atoms with Crippen LogP contribution in [0.1, 0.15) is 0 Å². The molecule has 2 aromatic heterocycles. The van der Waals surface area contributed by atoms with Crippen LogP contribution in [0.5, 0.6) is 0 Å². The van der Waals surface area contributed by atoms with E-state index in [1.165, 1.54) is 18.4 Å². The van der Waals surface area contributed by atoms with Crippen LogP contribution in [0.4, 0.5) is 5.82 Å². The van der Waals surface area contributed by atoms with Gasteiger partial charge >= 0.3 is 0 Å². The first kappa shape index (κ1) is 15.8. The van der Waals surface area contributed by atoms with Gasteiger partial charge in [0.2, 0.25) is 5.91 Å². The monoisotopic (exact) mass is 346 g/mol. The van der Waals surface area contributed by atoms with Crippen molar-refractivity contribution in [3.8, 4) is 11.3 Å². The molecule has 1 amide bonds. The van der Waals surface area contributed by atoms with E-state index < -0.39 is 5.91 Å². The Labute approximate surface area is 147 Å². The van der Waals surface area contributed by atoms with Gasteiger partial charge in [0.25, 0.3) is 5.56 Å². The van der Waals surface area contributed by atoms with E-state index in [0.717, 1.165) is 21.0 Å². The molecule has 0 saturated heterocycles. The molecule has 0 spiro atoms. The Morgan fingerprint density at radius 3 is 2.73 bits per heavy atom. The summed E-state index contributed by atoms with van der Waals surface area (Å²) in [6.07, 6.45) is 1.35. The van der Waals surface area contributed by atoms with Crippen molar-refractivity contribution >= 4 is 22.5 Å². The van der Waals surface area contributed by atoms with Crippen molar-refractivity contribution in [2.24, 2.45) is 0 Å². The standard InChI is InChI=1S/C19H14N4O3/c24-18(20-17-10-11-26-22-17)12-23-19(25)9-8-16(21-23)15-7-3-5-13-4-1-2-6-14(13)15/h1-11H,12H2,(H,20,22,24). The number of nitrogens with zero attached hydrogens (tertiary/aromatic N) is 3. The second-order valence-corrected chi connectivity index (χ2v) is 5.67. The lowest BCUT2D eigenvalue weighted by Gasteiger charge is -2.09. The maximum Gasteiger partial charge on any atom is 0.267 e.